The van der Waals surface area contributed by atoms with Crippen LogP contribution in [0.4, 0.5) is 4.39 Å². The Kier molecular flexibility index (Phi) is 5.78. The lowest BCUT2D eigenvalue weighted by Crippen LogP contribution is -2.31. The number of hydrogen-bond acceptors (Lipinski definition) is 2. The van der Waals surface area contributed by atoms with Crippen molar-refractivity contribution in [1.29, 1.82) is 0 Å². The first-order valence-corrected chi connectivity index (χ1v) is 6.18. The molecule has 0 heterocycles. The number of carbonyl (C=O) groups is 1. The molecule has 0 radical (unpaired) electrons. The Hall–Kier alpha value is -1.42. The fourth-order valence-electron chi connectivity index (χ4n) is 1.86. The first-order valence-electron chi connectivity index (χ1n) is 6.18. The van der Waals surface area contributed by atoms with Gasteiger partial charge in [-0.2, -0.15) is 0 Å². The standard InChI is InChI=1S/C14H20FNO2/c1-3-12(14(17)18)10-16(2)8-7-11-5-4-6-13(15)9-11/h4-6,9,12H,3,7-8,10H2,1-2H3,(H,17,18). The molecule has 0 spiro atoms. The molecule has 1 N–H and O–H groups in total. The van der Waals surface area contributed by atoms with Gasteiger partial charge in [0.25, 0.3) is 0 Å². The molecule has 1 aromatic rings. The zero-order chi connectivity index (χ0) is 13.5. The SMILES string of the molecule is CCC(CN(C)CCc1cccc(F)c1)C(=O)O. The van der Waals surface area contributed by atoms with Crippen LogP contribution in [0.1, 0.15) is 18.9 Å². The van der Waals surface area contributed by atoms with Crippen molar-refractivity contribution in [1.82, 2.24) is 4.90 Å². The summed E-state index contributed by atoms with van der Waals surface area (Å²) >= 11 is 0. The van der Waals surface area contributed by atoms with Gasteiger partial charge in [0.15, 0.2) is 0 Å². The van der Waals surface area contributed by atoms with Crippen LogP contribution in [0.25, 0.3) is 0 Å². The van der Waals surface area contributed by atoms with Gasteiger partial charge in [0.1, 0.15) is 5.82 Å². The molecule has 1 aromatic carbocycles. The second kappa shape index (κ2) is 7.11. The molecule has 0 aromatic heterocycles. The predicted octanol–water partition coefficient (Wildman–Crippen LogP) is 2.41. The molecule has 4 heteroatoms. The molecular weight excluding hydrogens is 233 g/mol. The summed E-state index contributed by atoms with van der Waals surface area (Å²) in [5, 5.41) is 8.97. The number of halogens is 1. The fraction of sp³-hybridized carbons (Fsp3) is 0.500. The molecule has 100 valence electrons. The van der Waals surface area contributed by atoms with Crippen molar-refractivity contribution in [2.24, 2.45) is 5.92 Å². The number of carboxylic acids is 1. The summed E-state index contributed by atoms with van der Waals surface area (Å²) < 4.78 is 13.0. The highest BCUT2D eigenvalue weighted by Gasteiger charge is 2.16. The third-order valence-corrected chi connectivity index (χ3v) is 3.05. The van der Waals surface area contributed by atoms with Crippen molar-refractivity contribution in [3.05, 3.63) is 35.6 Å². The molecule has 0 aliphatic rings. The lowest BCUT2D eigenvalue weighted by molar-refractivity contribution is -0.142. The van der Waals surface area contributed by atoms with Crippen molar-refractivity contribution in [2.75, 3.05) is 20.1 Å². The molecule has 0 fully saturated rings. The Bertz CT molecular complexity index is 395. The van der Waals surface area contributed by atoms with Gasteiger partial charge >= 0.3 is 5.97 Å². The number of likely N-dealkylation sites (N-methyl/N-ethyl adjacent to an activating group) is 1. The summed E-state index contributed by atoms with van der Waals surface area (Å²) in [4.78, 5) is 12.9. The van der Waals surface area contributed by atoms with Gasteiger partial charge in [-0.05, 0) is 37.6 Å². The quantitative estimate of drug-likeness (QED) is 0.811. The summed E-state index contributed by atoms with van der Waals surface area (Å²) in [6.07, 6.45) is 1.35. The first-order chi connectivity index (χ1) is 8.52. The maximum atomic E-state index is 13.0. The Labute approximate surface area is 107 Å². The number of benzene rings is 1. The molecule has 0 aliphatic carbocycles. The lowest BCUT2D eigenvalue weighted by Gasteiger charge is -2.20. The summed E-state index contributed by atoms with van der Waals surface area (Å²) in [5.41, 5.74) is 0.935. The maximum Gasteiger partial charge on any atom is 0.307 e. The van der Waals surface area contributed by atoms with Crippen LogP contribution in [0, 0.1) is 11.7 Å². The van der Waals surface area contributed by atoms with Gasteiger partial charge in [0.05, 0.1) is 5.92 Å². The van der Waals surface area contributed by atoms with Gasteiger partial charge in [0, 0.05) is 13.1 Å². The van der Waals surface area contributed by atoms with Crippen LogP contribution in [0.3, 0.4) is 0 Å². The molecule has 0 saturated heterocycles. The Morgan fingerprint density at radius 2 is 2.22 bits per heavy atom. The highest BCUT2D eigenvalue weighted by Crippen LogP contribution is 2.08. The Morgan fingerprint density at radius 3 is 2.78 bits per heavy atom. The normalized spacial score (nSPS) is 12.7. The minimum Gasteiger partial charge on any atom is -0.481 e. The Balaban J connectivity index is 2.41. The van der Waals surface area contributed by atoms with Crippen molar-refractivity contribution in [3.8, 4) is 0 Å². The van der Waals surface area contributed by atoms with E-state index in [-0.39, 0.29) is 11.7 Å². The van der Waals surface area contributed by atoms with Crippen molar-refractivity contribution in [3.63, 3.8) is 0 Å². The van der Waals surface area contributed by atoms with Crippen LogP contribution < -0.4 is 0 Å². The third-order valence-electron chi connectivity index (χ3n) is 3.05. The van der Waals surface area contributed by atoms with E-state index < -0.39 is 5.97 Å². The average Bonchev–Trinajstić information content (AvgIpc) is 2.33. The van der Waals surface area contributed by atoms with Crippen molar-refractivity contribution in [2.45, 2.75) is 19.8 Å². The second-order valence-corrected chi connectivity index (χ2v) is 4.59. The molecule has 1 atom stereocenters. The van der Waals surface area contributed by atoms with E-state index in [0.29, 0.717) is 13.0 Å². The van der Waals surface area contributed by atoms with E-state index in [0.717, 1.165) is 18.5 Å². The molecule has 0 bridgehead atoms. The van der Waals surface area contributed by atoms with Crippen molar-refractivity contribution >= 4 is 5.97 Å². The fourth-order valence-corrected chi connectivity index (χ4v) is 1.86. The third kappa shape index (κ3) is 4.84. The molecule has 3 nitrogen and oxygen atoms in total. The minimum absolute atomic E-state index is 0.230. The summed E-state index contributed by atoms with van der Waals surface area (Å²) in [6.45, 7) is 3.13. The highest BCUT2D eigenvalue weighted by atomic mass is 19.1. The summed E-state index contributed by atoms with van der Waals surface area (Å²) in [7, 11) is 1.89. The van der Waals surface area contributed by atoms with E-state index in [1.165, 1.54) is 12.1 Å². The van der Waals surface area contributed by atoms with E-state index in [9.17, 15) is 9.18 Å². The minimum atomic E-state index is -0.755. The molecule has 0 amide bonds. The van der Waals surface area contributed by atoms with E-state index in [1.54, 1.807) is 6.07 Å². The predicted molar refractivity (Wildman–Crippen MR) is 69.0 cm³/mol. The second-order valence-electron chi connectivity index (χ2n) is 4.59. The van der Waals surface area contributed by atoms with Gasteiger partial charge in [-0.15, -0.1) is 0 Å². The maximum absolute atomic E-state index is 13.0. The van der Waals surface area contributed by atoms with Gasteiger partial charge in [-0.3, -0.25) is 4.79 Å². The van der Waals surface area contributed by atoms with Crippen LogP contribution >= 0.6 is 0 Å². The molecule has 1 rings (SSSR count). The van der Waals surface area contributed by atoms with Crippen LogP contribution in [0.2, 0.25) is 0 Å². The number of carboxylic acid groups (broad SMARTS) is 1. The van der Waals surface area contributed by atoms with Crippen LogP contribution in [-0.2, 0) is 11.2 Å². The van der Waals surface area contributed by atoms with Crippen molar-refractivity contribution < 1.29 is 14.3 Å². The van der Waals surface area contributed by atoms with E-state index in [4.69, 9.17) is 5.11 Å². The zero-order valence-electron chi connectivity index (χ0n) is 10.9. The highest BCUT2D eigenvalue weighted by molar-refractivity contribution is 5.70. The topological polar surface area (TPSA) is 40.5 Å². The lowest BCUT2D eigenvalue weighted by atomic mass is 10.1. The monoisotopic (exact) mass is 253 g/mol. The number of aliphatic carboxylic acids is 1. The molecule has 1 unspecified atom stereocenters. The summed E-state index contributed by atoms with van der Waals surface area (Å²) in [6, 6.07) is 6.51. The molecular formula is C14H20FNO2. The van der Waals surface area contributed by atoms with E-state index >= 15 is 0 Å². The smallest absolute Gasteiger partial charge is 0.307 e. The molecule has 0 saturated carbocycles. The zero-order valence-corrected chi connectivity index (χ0v) is 10.9. The van der Waals surface area contributed by atoms with Crippen LogP contribution in [-0.4, -0.2) is 36.1 Å². The van der Waals surface area contributed by atoms with Gasteiger partial charge < -0.3 is 10.0 Å². The van der Waals surface area contributed by atoms with Crippen LogP contribution in [0.15, 0.2) is 24.3 Å². The molecule has 0 aliphatic heterocycles. The van der Waals surface area contributed by atoms with Gasteiger partial charge in [-0.25, -0.2) is 4.39 Å². The number of hydrogen-bond donors (Lipinski definition) is 1. The largest absolute Gasteiger partial charge is 0.481 e. The summed E-state index contributed by atoms with van der Waals surface area (Å²) in [5.74, 6) is -1.32. The van der Waals surface area contributed by atoms with E-state index in [2.05, 4.69) is 0 Å². The van der Waals surface area contributed by atoms with Gasteiger partial charge in [0.2, 0.25) is 0 Å². The average molecular weight is 253 g/mol. The number of nitrogens with zero attached hydrogens (tertiary/aromatic N) is 1. The van der Waals surface area contributed by atoms with E-state index in [1.807, 2.05) is 24.9 Å². The van der Waals surface area contributed by atoms with Crippen LogP contribution in [0.5, 0.6) is 0 Å². The first kappa shape index (κ1) is 14.6. The Morgan fingerprint density at radius 1 is 1.50 bits per heavy atom. The van der Waals surface area contributed by atoms with Gasteiger partial charge in [-0.1, -0.05) is 19.1 Å². The molecule has 18 heavy (non-hydrogen) atoms. The number of rotatable bonds is 7.